The van der Waals surface area contributed by atoms with Crippen LogP contribution in [-0.4, -0.2) is 37.6 Å². The number of rotatable bonds is 5. The average molecular weight is 379 g/mol. The average Bonchev–Trinajstić information content (AvgIpc) is 3.03. The maximum absolute atomic E-state index is 13.1. The molecule has 0 saturated carbocycles. The van der Waals surface area contributed by atoms with Crippen molar-refractivity contribution in [1.29, 1.82) is 0 Å². The third kappa shape index (κ3) is 3.67. The molecule has 2 aliphatic heterocycles. The molecule has 0 spiro atoms. The smallest absolute Gasteiger partial charge is 0.292 e. The predicted molar refractivity (Wildman–Crippen MR) is 108 cm³/mol. The molecule has 2 amide bonds. The number of carbonyl (C=O) groups excluding carboxylic acids is 2. The molecule has 5 heteroatoms. The van der Waals surface area contributed by atoms with Crippen LogP contribution < -0.4 is 14.5 Å². The summed E-state index contributed by atoms with van der Waals surface area (Å²) in [5.74, 6) is 1.05. The summed E-state index contributed by atoms with van der Waals surface area (Å²) < 4.78 is 5.52. The second kappa shape index (κ2) is 8.15. The van der Waals surface area contributed by atoms with Crippen LogP contribution in [0.1, 0.15) is 37.7 Å². The zero-order chi connectivity index (χ0) is 19.5. The molecule has 1 atom stereocenters. The van der Waals surface area contributed by atoms with E-state index in [-0.39, 0.29) is 17.9 Å². The molecule has 1 N–H and O–H groups in total. The Bertz CT molecular complexity index is 844. The van der Waals surface area contributed by atoms with Gasteiger partial charge >= 0.3 is 0 Å². The lowest BCUT2D eigenvalue weighted by atomic mass is 9.89. The van der Waals surface area contributed by atoms with Gasteiger partial charge in [0.15, 0.2) is 6.04 Å². The molecule has 2 aromatic rings. The number of hydrogen-bond acceptors (Lipinski definition) is 3. The summed E-state index contributed by atoms with van der Waals surface area (Å²) in [6, 6.07) is 17.6. The van der Waals surface area contributed by atoms with Crippen LogP contribution in [0.2, 0.25) is 0 Å². The number of hydrogen-bond donors (Lipinski definition) is 1. The van der Waals surface area contributed by atoms with E-state index >= 15 is 0 Å². The Balaban J connectivity index is 1.44. The summed E-state index contributed by atoms with van der Waals surface area (Å²) in [7, 11) is 0. The minimum atomic E-state index is -0.264. The van der Waals surface area contributed by atoms with Crippen LogP contribution >= 0.6 is 0 Å². The fourth-order valence-electron chi connectivity index (χ4n) is 4.50. The Labute approximate surface area is 165 Å². The lowest BCUT2D eigenvalue weighted by Crippen LogP contribution is -3.17. The highest BCUT2D eigenvalue weighted by Crippen LogP contribution is 2.27. The quantitative estimate of drug-likeness (QED) is 0.811. The van der Waals surface area contributed by atoms with Gasteiger partial charge in [-0.2, -0.15) is 0 Å². The van der Waals surface area contributed by atoms with Gasteiger partial charge < -0.3 is 9.64 Å². The van der Waals surface area contributed by atoms with Gasteiger partial charge in [-0.15, -0.1) is 0 Å². The fourth-order valence-corrected chi connectivity index (χ4v) is 4.50. The van der Waals surface area contributed by atoms with Crippen LogP contribution in [0, 0.1) is 0 Å². The Morgan fingerprint density at radius 1 is 1.04 bits per heavy atom. The van der Waals surface area contributed by atoms with E-state index < -0.39 is 0 Å². The molecule has 5 nitrogen and oxygen atoms in total. The number of quaternary nitrogens is 1. The van der Waals surface area contributed by atoms with Crippen molar-refractivity contribution in [2.45, 2.75) is 38.1 Å². The highest BCUT2D eigenvalue weighted by molar-refractivity contribution is 6.21. The second-order valence-electron chi connectivity index (χ2n) is 7.60. The van der Waals surface area contributed by atoms with Crippen LogP contribution in [-0.2, 0) is 9.59 Å². The third-order valence-corrected chi connectivity index (χ3v) is 5.93. The maximum atomic E-state index is 13.1. The number of benzene rings is 2. The van der Waals surface area contributed by atoms with Gasteiger partial charge in [0.05, 0.1) is 31.8 Å². The lowest BCUT2D eigenvalue weighted by molar-refractivity contribution is -0.920. The summed E-state index contributed by atoms with van der Waals surface area (Å²) in [6.45, 7) is 4.32. The van der Waals surface area contributed by atoms with Crippen molar-refractivity contribution in [3.63, 3.8) is 0 Å². The Morgan fingerprint density at radius 2 is 1.79 bits per heavy atom. The molecule has 0 radical (unpaired) electrons. The molecule has 0 aromatic heterocycles. The summed E-state index contributed by atoms with van der Waals surface area (Å²) >= 11 is 0. The fraction of sp³-hybridized carbons (Fsp3) is 0.391. The van der Waals surface area contributed by atoms with E-state index in [1.54, 1.807) is 12.1 Å². The molecule has 4 rings (SSSR count). The van der Waals surface area contributed by atoms with Crippen LogP contribution in [0.25, 0.3) is 0 Å². The number of likely N-dealkylation sites (tertiary alicyclic amines) is 1. The van der Waals surface area contributed by atoms with Crippen molar-refractivity contribution in [2.75, 3.05) is 24.6 Å². The number of piperidine rings is 1. The van der Waals surface area contributed by atoms with Gasteiger partial charge in [0.2, 0.25) is 5.91 Å². The number of anilines is 1. The van der Waals surface area contributed by atoms with Crippen LogP contribution in [0.3, 0.4) is 0 Å². The van der Waals surface area contributed by atoms with Gasteiger partial charge in [0.1, 0.15) is 5.75 Å². The van der Waals surface area contributed by atoms with Gasteiger partial charge in [-0.05, 0) is 30.5 Å². The minimum absolute atomic E-state index is 0.0770. The highest BCUT2D eigenvalue weighted by atomic mass is 16.5. The number of amides is 2. The molecule has 28 heavy (non-hydrogen) atoms. The Kier molecular flexibility index (Phi) is 5.44. The number of ether oxygens (including phenoxy) is 1. The minimum Gasteiger partial charge on any atom is -0.494 e. The second-order valence-corrected chi connectivity index (χ2v) is 7.60. The van der Waals surface area contributed by atoms with E-state index in [1.807, 2.05) is 25.1 Å². The number of imide groups is 1. The third-order valence-electron chi connectivity index (χ3n) is 5.93. The van der Waals surface area contributed by atoms with Crippen LogP contribution in [0.4, 0.5) is 5.69 Å². The van der Waals surface area contributed by atoms with Crippen molar-refractivity contribution in [2.24, 2.45) is 0 Å². The van der Waals surface area contributed by atoms with Gasteiger partial charge in [-0.1, -0.05) is 36.4 Å². The van der Waals surface area contributed by atoms with E-state index in [0.29, 0.717) is 30.4 Å². The Morgan fingerprint density at radius 3 is 2.50 bits per heavy atom. The van der Waals surface area contributed by atoms with Crippen molar-refractivity contribution in [3.8, 4) is 5.75 Å². The molecule has 2 saturated heterocycles. The van der Waals surface area contributed by atoms with Crippen molar-refractivity contribution in [1.82, 2.24) is 0 Å². The van der Waals surface area contributed by atoms with Crippen LogP contribution in [0.5, 0.6) is 5.75 Å². The SMILES string of the molecule is CCOc1cccc(N2C(=O)C[C@@H]([NH+]3CCC(c4ccccc4)CC3)C2=O)c1. The van der Waals surface area contributed by atoms with Gasteiger partial charge in [0.25, 0.3) is 5.91 Å². The van der Waals surface area contributed by atoms with Crippen molar-refractivity contribution in [3.05, 3.63) is 60.2 Å². The summed E-state index contributed by atoms with van der Waals surface area (Å²) in [5, 5.41) is 0. The van der Waals surface area contributed by atoms with E-state index in [1.165, 1.54) is 15.4 Å². The molecule has 146 valence electrons. The first-order valence-corrected chi connectivity index (χ1v) is 10.2. The molecule has 0 aliphatic carbocycles. The zero-order valence-electron chi connectivity index (χ0n) is 16.3. The van der Waals surface area contributed by atoms with E-state index in [9.17, 15) is 9.59 Å². The standard InChI is InChI=1S/C23H26N2O3/c1-2-28-20-10-6-9-19(15-20)25-22(26)16-21(23(25)27)24-13-11-18(12-14-24)17-7-4-3-5-8-17/h3-10,15,18,21H,2,11-14,16H2,1H3/p+1/t21-/m1/s1. The number of nitrogens with zero attached hydrogens (tertiary/aromatic N) is 1. The predicted octanol–water partition coefficient (Wildman–Crippen LogP) is 2.18. The summed E-state index contributed by atoms with van der Waals surface area (Å²) in [4.78, 5) is 28.3. The first-order chi connectivity index (χ1) is 13.7. The zero-order valence-corrected chi connectivity index (χ0v) is 16.3. The molecule has 2 fully saturated rings. The summed E-state index contributed by atoms with van der Waals surface area (Å²) in [5.41, 5.74) is 1.99. The highest BCUT2D eigenvalue weighted by Gasteiger charge is 2.46. The molecule has 2 aliphatic rings. The molecule has 2 aromatic carbocycles. The maximum Gasteiger partial charge on any atom is 0.292 e. The van der Waals surface area contributed by atoms with Crippen molar-refractivity contribution < 1.29 is 19.2 Å². The number of nitrogens with one attached hydrogen (secondary N) is 1. The summed E-state index contributed by atoms with van der Waals surface area (Å²) in [6.07, 6.45) is 2.40. The molecule has 2 heterocycles. The molecular weight excluding hydrogens is 352 g/mol. The van der Waals surface area contributed by atoms with Gasteiger partial charge in [0, 0.05) is 18.9 Å². The molecular formula is C23H27N2O3+. The Hall–Kier alpha value is -2.66. The van der Waals surface area contributed by atoms with Gasteiger partial charge in [-0.3, -0.25) is 9.59 Å². The molecule has 0 bridgehead atoms. The van der Waals surface area contributed by atoms with Crippen LogP contribution in [0.15, 0.2) is 54.6 Å². The van der Waals surface area contributed by atoms with Crippen molar-refractivity contribution >= 4 is 17.5 Å². The van der Waals surface area contributed by atoms with E-state index in [0.717, 1.165) is 25.9 Å². The molecule has 0 unspecified atom stereocenters. The van der Waals surface area contributed by atoms with E-state index in [4.69, 9.17) is 4.74 Å². The topological polar surface area (TPSA) is 51.0 Å². The van der Waals surface area contributed by atoms with E-state index in [2.05, 4.69) is 24.3 Å². The number of carbonyl (C=O) groups is 2. The first-order valence-electron chi connectivity index (χ1n) is 10.2. The monoisotopic (exact) mass is 379 g/mol. The van der Waals surface area contributed by atoms with Gasteiger partial charge in [-0.25, -0.2) is 4.90 Å². The normalized spacial score (nSPS) is 25.2. The first kappa shape index (κ1) is 18.7. The largest absolute Gasteiger partial charge is 0.494 e. The lowest BCUT2D eigenvalue weighted by Gasteiger charge is -2.32.